The molecule has 1 rings (SSSR count). The first-order chi connectivity index (χ1) is 11.2. The van der Waals surface area contributed by atoms with Crippen molar-refractivity contribution in [3.8, 4) is 5.75 Å². The van der Waals surface area contributed by atoms with E-state index in [4.69, 9.17) is 9.47 Å². The van der Waals surface area contributed by atoms with Crippen LogP contribution in [-0.2, 0) is 4.74 Å². The van der Waals surface area contributed by atoms with Crippen molar-refractivity contribution in [3.63, 3.8) is 0 Å². The van der Waals surface area contributed by atoms with Crippen molar-refractivity contribution in [1.29, 1.82) is 0 Å². The van der Waals surface area contributed by atoms with Crippen LogP contribution in [0.3, 0.4) is 0 Å². The zero-order valence-electron chi connectivity index (χ0n) is 13.4. The van der Waals surface area contributed by atoms with Crippen LogP contribution in [0.4, 0.5) is 22.0 Å². The van der Waals surface area contributed by atoms with Crippen LogP contribution in [0.5, 0.6) is 5.75 Å². The highest BCUT2D eigenvalue weighted by molar-refractivity contribution is 7.97. The van der Waals surface area contributed by atoms with Crippen molar-refractivity contribution in [3.05, 3.63) is 29.3 Å². The molecule has 0 bridgehead atoms. The summed E-state index contributed by atoms with van der Waals surface area (Å²) >= 11 is 0.560. The first-order valence-corrected chi connectivity index (χ1v) is 8.30. The minimum absolute atomic E-state index is 0.0817. The largest absolute Gasteiger partial charge is 0.491 e. The number of benzene rings is 1. The van der Waals surface area contributed by atoms with Crippen molar-refractivity contribution in [1.82, 2.24) is 4.72 Å². The van der Waals surface area contributed by atoms with E-state index >= 15 is 0 Å². The summed E-state index contributed by atoms with van der Waals surface area (Å²) in [5.74, 6) is -2.40. The van der Waals surface area contributed by atoms with Gasteiger partial charge in [0.2, 0.25) is 0 Å². The van der Waals surface area contributed by atoms with Crippen LogP contribution in [0.1, 0.15) is 25.3 Å². The van der Waals surface area contributed by atoms with Gasteiger partial charge in [0, 0.05) is 24.2 Å². The molecule has 9 heteroatoms. The van der Waals surface area contributed by atoms with E-state index in [-0.39, 0.29) is 38.0 Å². The fraction of sp³-hybridized carbons (Fsp3) is 0.600. The summed E-state index contributed by atoms with van der Waals surface area (Å²) in [6.45, 7) is 4.21. The van der Waals surface area contributed by atoms with Gasteiger partial charge >= 0.3 is 6.18 Å². The number of hydrogen-bond donors (Lipinski definition) is 1. The lowest BCUT2D eigenvalue weighted by atomic mass is 10.0. The maximum absolute atomic E-state index is 13.8. The van der Waals surface area contributed by atoms with E-state index in [0.29, 0.717) is 17.5 Å². The van der Waals surface area contributed by atoms with Crippen LogP contribution in [0.15, 0.2) is 12.1 Å². The van der Waals surface area contributed by atoms with Crippen molar-refractivity contribution in [2.75, 3.05) is 32.1 Å². The van der Waals surface area contributed by atoms with Crippen molar-refractivity contribution >= 4 is 11.9 Å². The van der Waals surface area contributed by atoms with Crippen LogP contribution < -0.4 is 9.46 Å². The highest BCUT2D eigenvalue weighted by Crippen LogP contribution is 2.30. The van der Waals surface area contributed by atoms with Crippen molar-refractivity contribution in [2.24, 2.45) is 0 Å². The Morgan fingerprint density at radius 2 is 1.83 bits per heavy atom. The van der Waals surface area contributed by atoms with E-state index in [0.717, 1.165) is 12.1 Å². The number of rotatable bonds is 10. The first-order valence-electron chi connectivity index (χ1n) is 7.31. The molecule has 0 heterocycles. The average molecular weight is 373 g/mol. The third-order valence-electron chi connectivity index (χ3n) is 2.81. The molecule has 0 aromatic heterocycles. The second kappa shape index (κ2) is 10.0. The van der Waals surface area contributed by atoms with E-state index in [1.807, 2.05) is 0 Å². The van der Waals surface area contributed by atoms with Crippen LogP contribution in [0.2, 0.25) is 0 Å². The molecule has 0 aliphatic carbocycles. The molecule has 0 aliphatic rings. The molecule has 0 radical (unpaired) electrons. The zero-order valence-corrected chi connectivity index (χ0v) is 14.2. The topological polar surface area (TPSA) is 30.5 Å². The Kier molecular flexibility index (Phi) is 8.79. The molecular formula is C15H20F5NO2S. The maximum atomic E-state index is 13.8. The molecule has 1 aromatic carbocycles. The molecule has 0 fully saturated rings. The van der Waals surface area contributed by atoms with Gasteiger partial charge in [0.1, 0.15) is 29.7 Å². The van der Waals surface area contributed by atoms with Gasteiger partial charge < -0.3 is 9.47 Å². The molecule has 1 N–H and O–H groups in total. The molecule has 0 unspecified atom stereocenters. The van der Waals surface area contributed by atoms with Crippen LogP contribution in [-0.4, -0.2) is 38.3 Å². The van der Waals surface area contributed by atoms with Gasteiger partial charge in [0.25, 0.3) is 0 Å². The SMILES string of the molecule is CC(C)c1c(F)cc(F)cc1OCCOCCNSCC(F)(F)F. The third-order valence-corrected chi connectivity index (χ3v) is 3.69. The highest BCUT2D eigenvalue weighted by Gasteiger charge is 2.26. The molecule has 1 aromatic rings. The van der Waals surface area contributed by atoms with E-state index in [1.165, 1.54) is 0 Å². The van der Waals surface area contributed by atoms with Gasteiger partial charge in [-0.1, -0.05) is 25.8 Å². The minimum Gasteiger partial charge on any atom is -0.491 e. The third kappa shape index (κ3) is 8.16. The Morgan fingerprint density at radius 3 is 2.46 bits per heavy atom. The Bertz CT molecular complexity index is 511. The van der Waals surface area contributed by atoms with Gasteiger partial charge in [-0.3, -0.25) is 4.72 Å². The van der Waals surface area contributed by atoms with Crippen LogP contribution >= 0.6 is 11.9 Å². The lowest BCUT2D eigenvalue weighted by Gasteiger charge is -2.15. The summed E-state index contributed by atoms with van der Waals surface area (Å²) < 4.78 is 75.7. The number of hydrogen-bond acceptors (Lipinski definition) is 4. The molecule has 0 saturated carbocycles. The molecule has 0 aliphatic heterocycles. The smallest absolute Gasteiger partial charge is 0.399 e. The van der Waals surface area contributed by atoms with Gasteiger partial charge in [-0.15, -0.1) is 0 Å². The predicted octanol–water partition coefficient (Wildman–Crippen LogP) is 4.28. The monoisotopic (exact) mass is 373 g/mol. The van der Waals surface area contributed by atoms with E-state index < -0.39 is 23.6 Å². The van der Waals surface area contributed by atoms with Gasteiger partial charge in [-0.25, -0.2) is 8.78 Å². The Hall–Kier alpha value is -1.06. The average Bonchev–Trinajstić information content (AvgIpc) is 2.43. The molecule has 0 amide bonds. The summed E-state index contributed by atoms with van der Waals surface area (Å²) in [7, 11) is 0. The van der Waals surface area contributed by atoms with E-state index in [2.05, 4.69) is 4.72 Å². The van der Waals surface area contributed by atoms with Gasteiger partial charge in [-0.2, -0.15) is 13.2 Å². The standard InChI is InChI=1S/C15H20F5NO2S/c1-10(2)14-12(17)7-11(16)8-13(14)23-6-5-22-4-3-21-24-9-15(18,19)20/h7-8,10,21H,3-6,9H2,1-2H3. The van der Waals surface area contributed by atoms with Crippen LogP contribution in [0.25, 0.3) is 0 Å². The maximum Gasteiger partial charge on any atom is 0.399 e. The fourth-order valence-corrected chi connectivity index (χ4v) is 2.37. The van der Waals surface area contributed by atoms with Crippen molar-refractivity contribution in [2.45, 2.75) is 25.9 Å². The lowest BCUT2D eigenvalue weighted by Crippen LogP contribution is -2.20. The summed E-state index contributed by atoms with van der Waals surface area (Å²) in [5.41, 5.74) is 0.293. The quantitative estimate of drug-likeness (QED) is 0.377. The molecule has 3 nitrogen and oxygen atoms in total. The highest BCUT2D eigenvalue weighted by atomic mass is 32.2. The molecule has 0 atom stereocenters. The second-order valence-electron chi connectivity index (χ2n) is 5.21. The summed E-state index contributed by atoms with van der Waals surface area (Å²) in [6, 6.07) is 1.93. The molecule has 24 heavy (non-hydrogen) atoms. The number of nitrogens with one attached hydrogen (secondary N) is 1. The second-order valence-corrected chi connectivity index (χ2v) is 6.08. The normalized spacial score (nSPS) is 12.0. The first kappa shape index (κ1) is 21.0. The van der Waals surface area contributed by atoms with Gasteiger partial charge in [0.15, 0.2) is 0 Å². The molecular weight excluding hydrogens is 353 g/mol. The summed E-state index contributed by atoms with van der Waals surface area (Å²) in [5, 5.41) is 0. The number of ether oxygens (including phenoxy) is 2. The molecule has 0 saturated heterocycles. The Labute approximate surface area is 142 Å². The van der Waals surface area contributed by atoms with E-state index in [1.54, 1.807) is 13.8 Å². The van der Waals surface area contributed by atoms with Gasteiger partial charge in [-0.05, 0) is 5.92 Å². The minimum atomic E-state index is -4.21. The Morgan fingerprint density at radius 1 is 1.12 bits per heavy atom. The fourth-order valence-electron chi connectivity index (χ4n) is 1.87. The predicted molar refractivity (Wildman–Crippen MR) is 83.3 cm³/mol. The van der Waals surface area contributed by atoms with Crippen molar-refractivity contribution < 1.29 is 31.4 Å². The molecule has 0 spiro atoms. The van der Waals surface area contributed by atoms with Gasteiger partial charge in [0.05, 0.1) is 13.2 Å². The van der Waals surface area contributed by atoms with Crippen LogP contribution in [0, 0.1) is 11.6 Å². The Balaban J connectivity index is 2.24. The number of halogens is 5. The summed E-state index contributed by atoms with van der Waals surface area (Å²) in [4.78, 5) is 0. The van der Waals surface area contributed by atoms with E-state index in [9.17, 15) is 22.0 Å². The molecule has 138 valence electrons. The zero-order chi connectivity index (χ0) is 18.2. The number of alkyl halides is 3. The lowest BCUT2D eigenvalue weighted by molar-refractivity contribution is -0.105. The summed E-state index contributed by atoms with van der Waals surface area (Å²) in [6.07, 6.45) is -4.21.